The Morgan fingerprint density at radius 2 is 1.83 bits per heavy atom. The molecule has 0 saturated heterocycles. The minimum absolute atomic E-state index is 0.478. The monoisotopic (exact) mass is 547 g/mol. The molecule has 2 aliphatic rings. The zero-order valence-corrected chi connectivity index (χ0v) is 24.3. The predicted octanol–water partition coefficient (Wildman–Crippen LogP) is 10.6. The second-order valence-corrected chi connectivity index (χ2v) is 10.7. The highest BCUT2D eigenvalue weighted by molar-refractivity contribution is 6.00. The Morgan fingerprint density at radius 1 is 0.976 bits per heavy atom. The highest BCUT2D eigenvalue weighted by Crippen LogP contribution is 2.38. The number of benzene rings is 3. The maximum absolute atomic E-state index is 6.51. The Hall–Kier alpha value is -4.82. The van der Waals surface area contributed by atoms with Crippen molar-refractivity contribution in [1.82, 2.24) is 4.57 Å². The Labute approximate surface area is 249 Å². The summed E-state index contributed by atoms with van der Waals surface area (Å²) in [4.78, 5) is 0. The fourth-order valence-electron chi connectivity index (χ4n) is 5.90. The summed E-state index contributed by atoms with van der Waals surface area (Å²) in [6.07, 6.45) is 25.8. The van der Waals surface area contributed by atoms with E-state index in [1.807, 2.05) is 12.2 Å². The standard InChI is InChI=1S/C40H37NO/c1-3-5-16-30(15-4-2)33-21-14-23-38-36(27-33)37-28-34(31-17-8-6-9-18-31)25-26-39(37)41(38)35-22-11-7-10-19-32-20-12-13-24-40(32)42-29-35/h3,5-9,11-18,20,22-28H,1,4,10,19,21,29H2,2H3/b11-7-,16-5-,30-15+,35-22+. The van der Waals surface area contributed by atoms with Crippen molar-refractivity contribution >= 4 is 28.8 Å². The Balaban J connectivity index is 1.56. The number of hydrogen-bond donors (Lipinski definition) is 0. The van der Waals surface area contributed by atoms with E-state index in [4.69, 9.17) is 4.74 Å². The van der Waals surface area contributed by atoms with Crippen molar-refractivity contribution in [3.63, 3.8) is 0 Å². The van der Waals surface area contributed by atoms with Gasteiger partial charge in [-0.15, -0.1) is 0 Å². The van der Waals surface area contributed by atoms with E-state index in [1.165, 1.54) is 50.0 Å². The van der Waals surface area contributed by atoms with Crippen molar-refractivity contribution in [3.05, 3.63) is 156 Å². The van der Waals surface area contributed by atoms with Gasteiger partial charge in [0.05, 0.1) is 16.9 Å². The van der Waals surface area contributed by atoms with Crippen LogP contribution in [0, 0.1) is 0 Å². The van der Waals surface area contributed by atoms with Crippen molar-refractivity contribution in [2.75, 3.05) is 6.61 Å². The van der Waals surface area contributed by atoms with Crippen LogP contribution in [0.2, 0.25) is 0 Å². The third kappa shape index (κ3) is 5.66. The SMILES string of the molecule is C=C/C=C\C(=C/CC)C1=Cc2c(n(/C3=C/C=C\CCc4ccccc4OC3)c3ccc(-c4ccccc4)cc23)C=CC1. The molecule has 0 saturated carbocycles. The van der Waals surface area contributed by atoms with Crippen molar-refractivity contribution in [2.24, 2.45) is 0 Å². The van der Waals surface area contributed by atoms with Crippen LogP contribution in [0.1, 0.15) is 43.0 Å². The maximum Gasteiger partial charge on any atom is 0.129 e. The van der Waals surface area contributed by atoms with Gasteiger partial charge < -0.3 is 9.30 Å². The quantitative estimate of drug-likeness (QED) is 0.219. The van der Waals surface area contributed by atoms with E-state index in [1.54, 1.807) is 0 Å². The number of rotatable bonds is 6. The van der Waals surface area contributed by atoms with Crippen molar-refractivity contribution < 1.29 is 4.74 Å². The zero-order valence-electron chi connectivity index (χ0n) is 24.3. The lowest BCUT2D eigenvalue weighted by atomic mass is 9.97. The van der Waals surface area contributed by atoms with E-state index in [9.17, 15) is 0 Å². The number of fused-ring (bicyclic) bond motifs is 4. The fraction of sp³-hybridized carbons (Fsp3) is 0.150. The molecule has 0 N–H and O–H groups in total. The van der Waals surface area contributed by atoms with Gasteiger partial charge in [0.15, 0.2) is 0 Å². The number of aryl methyl sites for hydroxylation is 1. The predicted molar refractivity (Wildman–Crippen MR) is 180 cm³/mol. The molecule has 0 bridgehead atoms. The van der Waals surface area contributed by atoms with Gasteiger partial charge >= 0.3 is 0 Å². The van der Waals surface area contributed by atoms with Crippen molar-refractivity contribution in [3.8, 4) is 16.9 Å². The van der Waals surface area contributed by atoms with Gasteiger partial charge in [0, 0.05) is 10.9 Å². The van der Waals surface area contributed by atoms with Crippen LogP contribution < -0.4 is 4.74 Å². The van der Waals surface area contributed by atoms with Crippen LogP contribution in [0.4, 0.5) is 0 Å². The van der Waals surface area contributed by atoms with Crippen LogP contribution in [0.25, 0.3) is 39.9 Å². The van der Waals surface area contributed by atoms with Crippen molar-refractivity contribution in [1.29, 1.82) is 0 Å². The molecule has 2 heterocycles. The van der Waals surface area contributed by atoms with E-state index >= 15 is 0 Å². The summed E-state index contributed by atoms with van der Waals surface area (Å²) >= 11 is 0. The van der Waals surface area contributed by atoms with Gasteiger partial charge in [-0.3, -0.25) is 0 Å². The molecule has 4 aromatic rings. The van der Waals surface area contributed by atoms with Gasteiger partial charge in [-0.05, 0) is 89.9 Å². The Kier molecular flexibility index (Phi) is 8.33. The number of hydrogen-bond acceptors (Lipinski definition) is 1. The molecule has 0 radical (unpaired) electrons. The topological polar surface area (TPSA) is 14.2 Å². The second kappa shape index (κ2) is 12.8. The molecule has 0 unspecified atom stereocenters. The number of allylic oxidation sites excluding steroid dienone is 10. The first-order valence-corrected chi connectivity index (χ1v) is 14.9. The lowest BCUT2D eigenvalue weighted by molar-refractivity contribution is 0.360. The molecule has 42 heavy (non-hydrogen) atoms. The molecule has 6 rings (SSSR count). The maximum atomic E-state index is 6.51. The fourth-order valence-corrected chi connectivity index (χ4v) is 5.90. The van der Waals surface area contributed by atoms with Gasteiger partial charge in [-0.2, -0.15) is 0 Å². The van der Waals surface area contributed by atoms with Crippen molar-refractivity contribution in [2.45, 2.75) is 32.6 Å². The molecule has 208 valence electrons. The third-order valence-corrected chi connectivity index (χ3v) is 7.93. The molecule has 0 amide bonds. The van der Waals surface area contributed by atoms with Gasteiger partial charge in [0.25, 0.3) is 0 Å². The lowest BCUT2D eigenvalue weighted by Crippen LogP contribution is -2.10. The Bertz CT molecular complexity index is 1790. The number of ether oxygens (including phenoxy) is 1. The number of nitrogens with zero attached hydrogens (tertiary/aromatic N) is 1. The van der Waals surface area contributed by atoms with Gasteiger partial charge in [-0.1, -0.05) is 111 Å². The second-order valence-electron chi connectivity index (χ2n) is 10.7. The van der Waals surface area contributed by atoms with E-state index in [-0.39, 0.29) is 0 Å². The van der Waals surface area contributed by atoms with E-state index in [0.717, 1.165) is 37.1 Å². The van der Waals surface area contributed by atoms with Crippen LogP contribution in [-0.2, 0) is 6.42 Å². The Morgan fingerprint density at radius 3 is 2.69 bits per heavy atom. The zero-order chi connectivity index (χ0) is 28.7. The summed E-state index contributed by atoms with van der Waals surface area (Å²) in [6, 6.07) is 25.9. The largest absolute Gasteiger partial charge is 0.487 e. The summed E-state index contributed by atoms with van der Waals surface area (Å²) < 4.78 is 8.91. The summed E-state index contributed by atoms with van der Waals surface area (Å²) in [7, 11) is 0. The molecule has 1 aromatic heterocycles. The van der Waals surface area contributed by atoms with Crippen LogP contribution in [0.15, 0.2) is 139 Å². The third-order valence-electron chi connectivity index (χ3n) is 7.93. The van der Waals surface area contributed by atoms with Gasteiger partial charge in [-0.25, -0.2) is 0 Å². The first-order chi connectivity index (χ1) is 20.8. The molecule has 1 aliphatic heterocycles. The van der Waals surface area contributed by atoms with Crippen LogP contribution in [0.3, 0.4) is 0 Å². The number of aromatic nitrogens is 1. The molecule has 0 fully saturated rings. The number of para-hydroxylation sites is 1. The summed E-state index contributed by atoms with van der Waals surface area (Å²) in [5.74, 6) is 0.966. The average Bonchev–Trinajstić information content (AvgIpc) is 3.17. The minimum atomic E-state index is 0.478. The van der Waals surface area contributed by atoms with Crippen LogP contribution in [0.5, 0.6) is 5.75 Å². The molecule has 1 aliphatic carbocycles. The lowest BCUT2D eigenvalue weighted by Gasteiger charge is -2.17. The van der Waals surface area contributed by atoms with Gasteiger partial charge in [0.2, 0.25) is 0 Å². The van der Waals surface area contributed by atoms with E-state index < -0.39 is 0 Å². The smallest absolute Gasteiger partial charge is 0.129 e. The van der Waals surface area contributed by atoms with Gasteiger partial charge in [0.1, 0.15) is 12.4 Å². The molecule has 2 nitrogen and oxygen atoms in total. The van der Waals surface area contributed by atoms with E-state index in [2.05, 4.69) is 139 Å². The van der Waals surface area contributed by atoms with Crippen LogP contribution >= 0.6 is 0 Å². The first kappa shape index (κ1) is 27.4. The normalized spacial score (nSPS) is 17.4. The average molecular weight is 548 g/mol. The summed E-state index contributed by atoms with van der Waals surface area (Å²) in [5.41, 5.74) is 10.9. The minimum Gasteiger partial charge on any atom is -0.487 e. The van der Waals surface area contributed by atoms with E-state index in [0.29, 0.717) is 6.61 Å². The molecule has 0 spiro atoms. The first-order valence-electron chi connectivity index (χ1n) is 14.9. The summed E-state index contributed by atoms with van der Waals surface area (Å²) in [5, 5.41) is 1.24. The summed E-state index contributed by atoms with van der Waals surface area (Å²) in [6.45, 7) is 6.56. The van der Waals surface area contributed by atoms with Crippen LogP contribution in [-0.4, -0.2) is 11.2 Å². The molecular weight excluding hydrogens is 510 g/mol. The highest BCUT2D eigenvalue weighted by Gasteiger charge is 2.21. The molecular formula is C40H37NO. The molecule has 3 aromatic carbocycles. The molecule has 0 atom stereocenters. The molecule has 2 heteroatoms. The highest BCUT2D eigenvalue weighted by atomic mass is 16.5.